The molecular weight excluding hydrogens is 360 g/mol. The highest BCUT2D eigenvalue weighted by Gasteiger charge is 2.24. The summed E-state index contributed by atoms with van der Waals surface area (Å²) in [7, 11) is 0. The van der Waals surface area contributed by atoms with Crippen LogP contribution in [-0.2, 0) is 0 Å². The molecule has 6 N–H and O–H groups in total. The van der Waals surface area contributed by atoms with E-state index in [2.05, 4.69) is 59.2 Å². The minimum atomic E-state index is -0.108. The molecule has 150 valence electrons. The van der Waals surface area contributed by atoms with Gasteiger partial charge in [0.25, 0.3) is 0 Å². The van der Waals surface area contributed by atoms with E-state index in [9.17, 15) is 0 Å². The molecule has 2 aliphatic carbocycles. The van der Waals surface area contributed by atoms with Gasteiger partial charge in [0.15, 0.2) is 0 Å². The van der Waals surface area contributed by atoms with Crippen LogP contribution in [-0.4, -0.2) is 12.1 Å². The van der Waals surface area contributed by atoms with E-state index in [1.54, 1.807) is 0 Å². The molecular formula is C24H28N4O. The van der Waals surface area contributed by atoms with E-state index < -0.39 is 0 Å². The van der Waals surface area contributed by atoms with Crippen LogP contribution in [0.25, 0.3) is 22.6 Å². The number of hydrogen-bond acceptors (Lipinski definition) is 5. The van der Waals surface area contributed by atoms with E-state index >= 15 is 0 Å². The monoisotopic (exact) mass is 388 g/mol. The molecule has 2 fully saturated rings. The van der Waals surface area contributed by atoms with E-state index in [0.717, 1.165) is 33.8 Å². The van der Waals surface area contributed by atoms with E-state index in [4.69, 9.17) is 15.9 Å². The highest BCUT2D eigenvalue weighted by molar-refractivity contribution is 5.65. The zero-order valence-corrected chi connectivity index (χ0v) is 16.5. The summed E-state index contributed by atoms with van der Waals surface area (Å²) in [5, 5.41) is 6.84. The first-order valence-electron chi connectivity index (χ1n) is 10.5. The summed E-state index contributed by atoms with van der Waals surface area (Å²) in [6, 6.07) is 21.8. The second-order valence-corrected chi connectivity index (χ2v) is 8.25. The second-order valence-electron chi connectivity index (χ2n) is 8.25. The average molecular weight is 389 g/mol. The number of nitrogens with two attached hydrogens (primary N) is 2. The molecule has 3 aromatic rings. The Balaban J connectivity index is 1.27. The highest BCUT2D eigenvalue weighted by atomic mass is 16.3. The molecule has 5 nitrogen and oxygen atoms in total. The second kappa shape index (κ2) is 7.76. The van der Waals surface area contributed by atoms with Crippen molar-refractivity contribution in [2.75, 3.05) is 0 Å². The summed E-state index contributed by atoms with van der Waals surface area (Å²) < 4.78 is 6.11. The van der Waals surface area contributed by atoms with Crippen LogP contribution in [0, 0.1) is 0 Å². The molecule has 1 aromatic heterocycles. The van der Waals surface area contributed by atoms with E-state index in [-0.39, 0.29) is 12.3 Å². The number of benzene rings is 2. The van der Waals surface area contributed by atoms with Gasteiger partial charge >= 0.3 is 0 Å². The SMILES string of the molecule is N[C@H](NC1CC1)c1ccc(-c2ccc(-c3ccc([C@@H](N)NC4CC4)cc3)o2)cc1. The third kappa shape index (κ3) is 4.43. The first-order chi connectivity index (χ1) is 14.2. The number of furan rings is 1. The molecule has 0 radical (unpaired) electrons. The van der Waals surface area contributed by atoms with Crippen molar-refractivity contribution in [3.05, 3.63) is 71.8 Å². The highest BCUT2D eigenvalue weighted by Crippen LogP contribution is 2.30. The van der Waals surface area contributed by atoms with Crippen LogP contribution in [0.2, 0.25) is 0 Å². The maximum absolute atomic E-state index is 6.22. The Morgan fingerprint density at radius 2 is 1.00 bits per heavy atom. The summed E-state index contributed by atoms with van der Waals surface area (Å²) in [6.07, 6.45) is 4.69. The largest absolute Gasteiger partial charge is 0.456 e. The zero-order chi connectivity index (χ0) is 19.8. The van der Waals surface area contributed by atoms with Gasteiger partial charge in [0.2, 0.25) is 0 Å². The van der Waals surface area contributed by atoms with Gasteiger partial charge in [0.1, 0.15) is 11.5 Å². The van der Waals surface area contributed by atoms with Crippen molar-refractivity contribution in [1.82, 2.24) is 10.6 Å². The topological polar surface area (TPSA) is 89.2 Å². The van der Waals surface area contributed by atoms with Crippen LogP contribution in [0.15, 0.2) is 65.1 Å². The molecule has 2 aliphatic rings. The first kappa shape index (κ1) is 18.6. The molecule has 2 aromatic carbocycles. The van der Waals surface area contributed by atoms with Crippen molar-refractivity contribution in [2.24, 2.45) is 11.5 Å². The lowest BCUT2D eigenvalue weighted by Crippen LogP contribution is -2.30. The van der Waals surface area contributed by atoms with Crippen molar-refractivity contribution in [1.29, 1.82) is 0 Å². The minimum absolute atomic E-state index is 0.108. The molecule has 0 bridgehead atoms. The van der Waals surface area contributed by atoms with Crippen molar-refractivity contribution in [3.8, 4) is 22.6 Å². The fourth-order valence-electron chi connectivity index (χ4n) is 3.56. The van der Waals surface area contributed by atoms with Crippen LogP contribution < -0.4 is 22.1 Å². The van der Waals surface area contributed by atoms with E-state index in [0.29, 0.717) is 12.1 Å². The molecule has 2 atom stereocenters. The quantitative estimate of drug-likeness (QED) is 0.438. The average Bonchev–Trinajstić information content (AvgIpc) is 3.68. The molecule has 0 saturated heterocycles. The Morgan fingerprint density at radius 3 is 1.34 bits per heavy atom. The normalized spacial score (nSPS) is 18.6. The smallest absolute Gasteiger partial charge is 0.134 e. The molecule has 2 saturated carbocycles. The van der Waals surface area contributed by atoms with Crippen molar-refractivity contribution >= 4 is 0 Å². The van der Waals surface area contributed by atoms with E-state index in [1.165, 1.54) is 25.7 Å². The molecule has 0 spiro atoms. The zero-order valence-electron chi connectivity index (χ0n) is 16.5. The van der Waals surface area contributed by atoms with Gasteiger partial charge in [0, 0.05) is 23.2 Å². The van der Waals surface area contributed by atoms with Gasteiger partial charge in [-0.05, 0) is 48.9 Å². The molecule has 29 heavy (non-hydrogen) atoms. The predicted octanol–water partition coefficient (Wildman–Crippen LogP) is 4.03. The van der Waals surface area contributed by atoms with Gasteiger partial charge < -0.3 is 15.9 Å². The maximum atomic E-state index is 6.22. The number of nitrogens with one attached hydrogen (secondary N) is 2. The lowest BCUT2D eigenvalue weighted by molar-refractivity contribution is 0.548. The maximum Gasteiger partial charge on any atom is 0.134 e. The summed E-state index contributed by atoms with van der Waals surface area (Å²) in [6.45, 7) is 0. The van der Waals surface area contributed by atoms with Crippen molar-refractivity contribution in [2.45, 2.75) is 50.1 Å². The predicted molar refractivity (Wildman–Crippen MR) is 116 cm³/mol. The molecule has 0 amide bonds. The summed E-state index contributed by atoms with van der Waals surface area (Å²) >= 11 is 0. The Bertz CT molecular complexity index is 877. The first-order valence-corrected chi connectivity index (χ1v) is 10.5. The molecule has 0 aliphatic heterocycles. The number of hydrogen-bond donors (Lipinski definition) is 4. The minimum Gasteiger partial charge on any atom is -0.456 e. The van der Waals surface area contributed by atoms with Gasteiger partial charge in [-0.15, -0.1) is 0 Å². The van der Waals surface area contributed by atoms with Gasteiger partial charge in [-0.25, -0.2) is 0 Å². The van der Waals surface area contributed by atoms with Crippen LogP contribution in [0.5, 0.6) is 0 Å². The Kier molecular flexibility index (Phi) is 4.97. The van der Waals surface area contributed by atoms with Gasteiger partial charge in [0.05, 0.1) is 12.3 Å². The Morgan fingerprint density at radius 1 is 0.621 bits per heavy atom. The fraction of sp³-hybridized carbons (Fsp3) is 0.333. The standard InChI is InChI=1S/C24H28N4O/c25-23(27-19-9-10-19)17-5-1-15(2-6-17)21-13-14-22(29-21)16-3-7-18(8-4-16)24(26)28-20-11-12-20/h1-8,13-14,19-20,23-24,27-28H,9-12,25-26H2/t23-,24+. The van der Waals surface area contributed by atoms with Crippen LogP contribution in [0.1, 0.15) is 49.1 Å². The van der Waals surface area contributed by atoms with Crippen LogP contribution >= 0.6 is 0 Å². The third-order valence-electron chi connectivity index (χ3n) is 5.70. The molecule has 1 heterocycles. The summed E-state index contributed by atoms with van der Waals surface area (Å²) in [5.74, 6) is 1.71. The molecule has 5 rings (SSSR count). The Labute approximate surface area is 171 Å². The third-order valence-corrected chi connectivity index (χ3v) is 5.70. The Hall–Kier alpha value is -2.44. The van der Waals surface area contributed by atoms with Crippen LogP contribution in [0.3, 0.4) is 0 Å². The molecule has 0 unspecified atom stereocenters. The van der Waals surface area contributed by atoms with Crippen molar-refractivity contribution in [3.63, 3.8) is 0 Å². The molecule has 5 heteroatoms. The van der Waals surface area contributed by atoms with Gasteiger partial charge in [-0.3, -0.25) is 10.6 Å². The lowest BCUT2D eigenvalue weighted by atomic mass is 10.1. The lowest BCUT2D eigenvalue weighted by Gasteiger charge is -2.14. The van der Waals surface area contributed by atoms with E-state index in [1.807, 2.05) is 12.1 Å². The summed E-state index contributed by atoms with van der Waals surface area (Å²) in [5.41, 5.74) is 16.7. The fourth-order valence-corrected chi connectivity index (χ4v) is 3.56. The van der Waals surface area contributed by atoms with Gasteiger partial charge in [-0.1, -0.05) is 48.5 Å². The van der Waals surface area contributed by atoms with Crippen LogP contribution in [0.4, 0.5) is 0 Å². The number of rotatable bonds is 8. The summed E-state index contributed by atoms with van der Waals surface area (Å²) in [4.78, 5) is 0. The van der Waals surface area contributed by atoms with Gasteiger partial charge in [-0.2, -0.15) is 0 Å². The van der Waals surface area contributed by atoms with Crippen molar-refractivity contribution < 1.29 is 4.42 Å².